The molecule has 7 heteroatoms. The molecule has 24 heavy (non-hydrogen) atoms. The molecule has 2 rings (SSSR count). The Labute approximate surface area is 141 Å². The monoisotopic (exact) mass is 335 g/mol. The number of hydrogen-bond donors (Lipinski definition) is 3. The smallest absolute Gasteiger partial charge is 0.257 e. The zero-order valence-corrected chi connectivity index (χ0v) is 14.1. The Hall–Kier alpha value is -2.28. The van der Waals surface area contributed by atoms with Gasteiger partial charge in [-0.2, -0.15) is 0 Å². The van der Waals surface area contributed by atoms with E-state index in [1.54, 1.807) is 18.2 Å². The Balaban J connectivity index is 2.05. The first-order chi connectivity index (χ1) is 11.6. The molecule has 4 N–H and O–H groups in total. The lowest BCUT2D eigenvalue weighted by Gasteiger charge is -2.20. The molecule has 1 aromatic carbocycles. The highest BCUT2D eigenvalue weighted by Crippen LogP contribution is 2.29. The summed E-state index contributed by atoms with van der Waals surface area (Å²) in [6.07, 6.45) is 3.09. The van der Waals surface area contributed by atoms with Gasteiger partial charge < -0.3 is 25.8 Å². The Bertz CT molecular complexity index is 591. The Morgan fingerprint density at radius 1 is 1.29 bits per heavy atom. The fraction of sp³-hybridized carbons (Fsp3) is 0.529. The van der Waals surface area contributed by atoms with Gasteiger partial charge in [-0.3, -0.25) is 9.59 Å². The number of carbonyl (C=O) groups excluding carboxylic acids is 2. The highest BCUT2D eigenvalue weighted by atomic mass is 16.5. The molecular weight excluding hydrogens is 310 g/mol. The predicted octanol–water partition coefficient (Wildman–Crippen LogP) is 0.677. The summed E-state index contributed by atoms with van der Waals surface area (Å²) in [7, 11) is 3.03. The fourth-order valence-corrected chi connectivity index (χ4v) is 2.90. The van der Waals surface area contributed by atoms with Crippen molar-refractivity contribution in [2.75, 3.05) is 27.3 Å². The summed E-state index contributed by atoms with van der Waals surface area (Å²) in [5, 5.41) is 5.52. The predicted molar refractivity (Wildman–Crippen MR) is 90.2 cm³/mol. The summed E-state index contributed by atoms with van der Waals surface area (Å²) in [6.45, 7) is 0.471. The van der Waals surface area contributed by atoms with Crippen LogP contribution in [0.15, 0.2) is 18.2 Å². The van der Waals surface area contributed by atoms with Crippen LogP contribution in [-0.4, -0.2) is 45.2 Å². The quantitative estimate of drug-likeness (QED) is 0.680. The second kappa shape index (κ2) is 8.54. The fourth-order valence-electron chi connectivity index (χ4n) is 2.90. The molecule has 1 fully saturated rings. The average molecular weight is 335 g/mol. The number of rotatable bonds is 7. The summed E-state index contributed by atoms with van der Waals surface area (Å²) >= 11 is 0. The van der Waals surface area contributed by atoms with Crippen LogP contribution in [0.3, 0.4) is 0 Å². The van der Waals surface area contributed by atoms with Gasteiger partial charge in [0.1, 0.15) is 0 Å². The van der Waals surface area contributed by atoms with Crippen molar-refractivity contribution in [2.45, 2.75) is 25.3 Å². The Morgan fingerprint density at radius 2 is 2.08 bits per heavy atom. The largest absolute Gasteiger partial charge is 0.493 e. The lowest BCUT2D eigenvalue weighted by Crippen LogP contribution is -2.39. The van der Waals surface area contributed by atoms with Crippen molar-refractivity contribution in [3.8, 4) is 11.5 Å². The third-order valence-corrected chi connectivity index (χ3v) is 4.34. The van der Waals surface area contributed by atoms with E-state index in [9.17, 15) is 9.59 Å². The number of likely N-dealkylation sites (N-methyl/N-ethyl adjacent to an activating group) is 1. The van der Waals surface area contributed by atoms with E-state index in [2.05, 4.69) is 10.6 Å². The van der Waals surface area contributed by atoms with Crippen LogP contribution >= 0.6 is 0 Å². The van der Waals surface area contributed by atoms with E-state index in [4.69, 9.17) is 15.2 Å². The molecule has 2 amide bonds. The molecule has 1 aliphatic carbocycles. The molecule has 2 unspecified atom stereocenters. The van der Waals surface area contributed by atoms with E-state index in [-0.39, 0.29) is 24.5 Å². The number of hydrogen-bond acceptors (Lipinski definition) is 5. The molecule has 0 spiro atoms. The van der Waals surface area contributed by atoms with Crippen molar-refractivity contribution in [1.82, 2.24) is 10.6 Å². The molecule has 7 nitrogen and oxygen atoms in total. The van der Waals surface area contributed by atoms with Crippen molar-refractivity contribution in [3.05, 3.63) is 23.8 Å². The number of ether oxygens (including phenoxy) is 2. The lowest BCUT2D eigenvalue weighted by atomic mass is 10.0. The van der Waals surface area contributed by atoms with Crippen LogP contribution in [0.4, 0.5) is 0 Å². The summed E-state index contributed by atoms with van der Waals surface area (Å²) in [5.41, 5.74) is 6.24. The van der Waals surface area contributed by atoms with Gasteiger partial charge in [-0.25, -0.2) is 0 Å². The van der Waals surface area contributed by atoms with Crippen LogP contribution in [-0.2, 0) is 4.79 Å². The van der Waals surface area contributed by atoms with Gasteiger partial charge >= 0.3 is 0 Å². The summed E-state index contributed by atoms with van der Waals surface area (Å²) in [6, 6.07) is 5.02. The third-order valence-electron chi connectivity index (χ3n) is 4.34. The molecular formula is C17H25N3O4. The van der Waals surface area contributed by atoms with E-state index in [0.29, 0.717) is 29.5 Å². The van der Waals surface area contributed by atoms with E-state index >= 15 is 0 Å². The number of nitrogens with one attached hydrogen (secondary N) is 2. The van der Waals surface area contributed by atoms with Crippen molar-refractivity contribution >= 4 is 11.8 Å². The normalized spacial score (nSPS) is 19.6. The van der Waals surface area contributed by atoms with Crippen molar-refractivity contribution in [1.29, 1.82) is 0 Å². The van der Waals surface area contributed by atoms with Crippen molar-refractivity contribution in [3.63, 3.8) is 0 Å². The third kappa shape index (κ3) is 4.38. The molecule has 0 aromatic heterocycles. The Morgan fingerprint density at radius 3 is 2.75 bits per heavy atom. The van der Waals surface area contributed by atoms with Crippen LogP contribution in [0.1, 0.15) is 29.6 Å². The SMILES string of the molecule is CNC(=O)COc1ccc(C(=O)NC2CCCC2CN)cc1OC. The topological polar surface area (TPSA) is 103 Å². The van der Waals surface area contributed by atoms with Gasteiger partial charge in [-0.1, -0.05) is 6.42 Å². The van der Waals surface area contributed by atoms with Crippen LogP contribution in [0.5, 0.6) is 11.5 Å². The van der Waals surface area contributed by atoms with Gasteiger partial charge in [0.05, 0.1) is 7.11 Å². The molecule has 2 atom stereocenters. The molecule has 0 aliphatic heterocycles. The minimum absolute atomic E-state index is 0.112. The van der Waals surface area contributed by atoms with Crippen LogP contribution < -0.4 is 25.8 Å². The summed E-state index contributed by atoms with van der Waals surface area (Å²) in [5.74, 6) is 0.766. The molecule has 0 radical (unpaired) electrons. The van der Waals surface area contributed by atoms with Crippen molar-refractivity contribution in [2.24, 2.45) is 11.7 Å². The van der Waals surface area contributed by atoms with E-state index in [1.165, 1.54) is 14.2 Å². The second-order valence-electron chi connectivity index (χ2n) is 5.83. The minimum atomic E-state index is -0.243. The van der Waals surface area contributed by atoms with Crippen LogP contribution in [0, 0.1) is 5.92 Å². The maximum atomic E-state index is 12.4. The maximum Gasteiger partial charge on any atom is 0.257 e. The number of carbonyl (C=O) groups is 2. The van der Waals surface area contributed by atoms with E-state index in [1.807, 2.05) is 0 Å². The van der Waals surface area contributed by atoms with E-state index in [0.717, 1.165) is 19.3 Å². The molecule has 0 heterocycles. The molecule has 1 aliphatic rings. The number of nitrogens with two attached hydrogens (primary N) is 1. The Kier molecular flexibility index (Phi) is 6.43. The standard InChI is InChI=1S/C17H25N3O4/c1-19-16(21)10-24-14-7-6-11(8-15(14)23-2)17(22)20-13-5-3-4-12(13)9-18/h6-8,12-13H,3-5,9-10,18H2,1-2H3,(H,19,21)(H,20,22). The molecule has 1 aromatic rings. The average Bonchev–Trinajstić information content (AvgIpc) is 3.06. The number of amides is 2. The minimum Gasteiger partial charge on any atom is -0.493 e. The van der Waals surface area contributed by atoms with Crippen LogP contribution in [0.25, 0.3) is 0 Å². The summed E-state index contributed by atoms with van der Waals surface area (Å²) in [4.78, 5) is 23.7. The zero-order valence-electron chi connectivity index (χ0n) is 14.1. The first-order valence-electron chi connectivity index (χ1n) is 8.11. The van der Waals surface area contributed by atoms with Gasteiger partial charge in [0.15, 0.2) is 18.1 Å². The lowest BCUT2D eigenvalue weighted by molar-refractivity contribution is -0.122. The molecule has 132 valence electrons. The summed E-state index contributed by atoms with van der Waals surface area (Å²) < 4.78 is 10.7. The molecule has 0 bridgehead atoms. The van der Waals surface area contributed by atoms with Gasteiger partial charge in [0, 0.05) is 18.7 Å². The first-order valence-corrected chi connectivity index (χ1v) is 8.11. The van der Waals surface area contributed by atoms with Gasteiger partial charge in [0.25, 0.3) is 11.8 Å². The first kappa shape index (κ1) is 18.1. The van der Waals surface area contributed by atoms with Gasteiger partial charge in [-0.15, -0.1) is 0 Å². The number of benzene rings is 1. The highest BCUT2D eigenvalue weighted by molar-refractivity contribution is 5.95. The maximum absolute atomic E-state index is 12.4. The number of methoxy groups -OCH3 is 1. The van der Waals surface area contributed by atoms with Crippen molar-refractivity contribution < 1.29 is 19.1 Å². The second-order valence-corrected chi connectivity index (χ2v) is 5.83. The molecule has 0 saturated heterocycles. The van der Waals surface area contributed by atoms with Gasteiger partial charge in [0.2, 0.25) is 0 Å². The highest BCUT2D eigenvalue weighted by Gasteiger charge is 2.27. The molecule has 1 saturated carbocycles. The van der Waals surface area contributed by atoms with Crippen LogP contribution in [0.2, 0.25) is 0 Å². The zero-order chi connectivity index (χ0) is 17.5. The van der Waals surface area contributed by atoms with E-state index < -0.39 is 0 Å². The van der Waals surface area contributed by atoms with Gasteiger partial charge in [-0.05, 0) is 43.5 Å².